The molecule has 2 nitrogen and oxygen atoms in total. The first kappa shape index (κ1) is 12.2. The number of benzene rings is 1. The second-order valence-electron chi connectivity index (χ2n) is 4.90. The molecular weight excluding hydrogens is 260 g/mol. The maximum atomic E-state index is 14.0. The summed E-state index contributed by atoms with van der Waals surface area (Å²) in [6, 6.07) is 2.62. The van der Waals surface area contributed by atoms with Gasteiger partial charge in [-0.05, 0) is 30.5 Å². The van der Waals surface area contributed by atoms with Gasteiger partial charge in [0.15, 0.2) is 0 Å². The van der Waals surface area contributed by atoms with Gasteiger partial charge < -0.3 is 9.64 Å². The van der Waals surface area contributed by atoms with E-state index >= 15 is 0 Å². The zero-order chi connectivity index (χ0) is 12.7. The van der Waals surface area contributed by atoms with E-state index in [2.05, 4.69) is 0 Å². The molecule has 0 aliphatic carbocycles. The van der Waals surface area contributed by atoms with Crippen molar-refractivity contribution in [3.63, 3.8) is 0 Å². The van der Waals surface area contributed by atoms with Crippen LogP contribution in [-0.4, -0.2) is 25.3 Å². The number of halogens is 3. The van der Waals surface area contributed by atoms with E-state index in [0.717, 1.165) is 12.8 Å². The Morgan fingerprint density at radius 2 is 1.72 bits per heavy atom. The van der Waals surface area contributed by atoms with E-state index in [9.17, 15) is 8.78 Å². The highest BCUT2D eigenvalue weighted by atomic mass is 35.5. The Morgan fingerprint density at radius 1 is 1.17 bits per heavy atom. The summed E-state index contributed by atoms with van der Waals surface area (Å²) in [6.45, 7) is 1.12. The van der Waals surface area contributed by atoms with E-state index in [-0.39, 0.29) is 23.8 Å². The third-order valence-electron chi connectivity index (χ3n) is 3.59. The Bertz CT molecular complexity index is 433. The summed E-state index contributed by atoms with van der Waals surface area (Å²) >= 11 is 5.60. The number of nitrogens with zero attached hydrogens (tertiary/aromatic N) is 1. The zero-order valence-corrected chi connectivity index (χ0v) is 10.6. The van der Waals surface area contributed by atoms with Crippen molar-refractivity contribution in [1.29, 1.82) is 0 Å². The molecule has 0 amide bonds. The second kappa shape index (κ2) is 4.67. The molecule has 0 aromatic heterocycles. The van der Waals surface area contributed by atoms with Crippen LogP contribution in [0, 0.1) is 11.6 Å². The van der Waals surface area contributed by atoms with Crippen molar-refractivity contribution in [2.75, 3.05) is 18.0 Å². The van der Waals surface area contributed by atoms with E-state index < -0.39 is 11.6 Å². The Balaban J connectivity index is 1.92. The molecule has 2 bridgehead atoms. The molecule has 0 saturated carbocycles. The summed E-state index contributed by atoms with van der Waals surface area (Å²) in [6.07, 6.45) is 2.17. The van der Waals surface area contributed by atoms with Crippen LogP contribution >= 0.6 is 11.6 Å². The summed E-state index contributed by atoms with van der Waals surface area (Å²) in [5, 5.41) is 0. The van der Waals surface area contributed by atoms with Gasteiger partial charge in [-0.3, -0.25) is 0 Å². The van der Waals surface area contributed by atoms with Crippen molar-refractivity contribution in [3.05, 3.63) is 29.3 Å². The van der Waals surface area contributed by atoms with Gasteiger partial charge in [0.05, 0.1) is 12.2 Å². The zero-order valence-electron chi connectivity index (χ0n) is 9.83. The number of fused-ring (bicyclic) bond motifs is 2. The van der Waals surface area contributed by atoms with Crippen LogP contribution in [0.25, 0.3) is 0 Å². The lowest BCUT2D eigenvalue weighted by Crippen LogP contribution is -2.43. The normalized spacial score (nSPS) is 26.7. The number of ether oxygens (including phenoxy) is 1. The fourth-order valence-corrected chi connectivity index (χ4v) is 2.95. The average molecular weight is 274 g/mol. The molecule has 2 atom stereocenters. The fourth-order valence-electron chi connectivity index (χ4n) is 2.79. The van der Waals surface area contributed by atoms with Crippen LogP contribution in [0.2, 0.25) is 0 Å². The quantitative estimate of drug-likeness (QED) is 0.768. The van der Waals surface area contributed by atoms with Crippen LogP contribution in [-0.2, 0) is 10.6 Å². The van der Waals surface area contributed by atoms with Gasteiger partial charge in [0.2, 0.25) is 0 Å². The second-order valence-corrected chi connectivity index (χ2v) is 5.17. The standard InChI is InChI=1S/C13H14ClF2NO/c14-5-8-3-11(15)13(12(16)4-8)17-6-9-1-2-10(7-17)18-9/h3-4,9-10H,1-2,5-7H2. The van der Waals surface area contributed by atoms with E-state index in [1.54, 1.807) is 4.90 Å². The first-order valence-electron chi connectivity index (χ1n) is 6.11. The van der Waals surface area contributed by atoms with Gasteiger partial charge in [-0.25, -0.2) is 8.78 Å². The van der Waals surface area contributed by atoms with Gasteiger partial charge in [-0.1, -0.05) is 0 Å². The largest absolute Gasteiger partial charge is 0.371 e. The topological polar surface area (TPSA) is 12.5 Å². The molecule has 2 saturated heterocycles. The molecule has 1 aromatic carbocycles. The lowest BCUT2D eigenvalue weighted by molar-refractivity contribution is 0.0300. The van der Waals surface area contributed by atoms with Gasteiger partial charge in [0.1, 0.15) is 17.3 Å². The van der Waals surface area contributed by atoms with Crippen molar-refractivity contribution in [2.24, 2.45) is 0 Å². The average Bonchev–Trinajstić information content (AvgIpc) is 2.67. The predicted octanol–water partition coefficient (Wildman–Crippen LogP) is 3.07. The molecule has 98 valence electrons. The van der Waals surface area contributed by atoms with Gasteiger partial charge in [-0.15, -0.1) is 11.6 Å². The summed E-state index contributed by atoms with van der Waals surface area (Å²) in [4.78, 5) is 1.76. The van der Waals surface area contributed by atoms with Crippen LogP contribution in [0.3, 0.4) is 0 Å². The lowest BCUT2D eigenvalue weighted by Gasteiger charge is -2.34. The number of anilines is 1. The molecule has 3 rings (SSSR count). The van der Waals surface area contributed by atoms with Crippen molar-refractivity contribution >= 4 is 17.3 Å². The first-order chi connectivity index (χ1) is 8.67. The van der Waals surface area contributed by atoms with E-state index in [1.807, 2.05) is 0 Å². The number of hydrogen-bond donors (Lipinski definition) is 0. The fraction of sp³-hybridized carbons (Fsp3) is 0.538. The molecule has 1 aromatic rings. The van der Waals surface area contributed by atoms with Crippen molar-refractivity contribution in [3.8, 4) is 0 Å². The summed E-state index contributed by atoms with van der Waals surface area (Å²) in [5.41, 5.74) is 0.524. The highest BCUT2D eigenvalue weighted by Gasteiger charge is 2.35. The molecule has 2 unspecified atom stereocenters. The molecule has 2 aliphatic rings. The molecule has 5 heteroatoms. The van der Waals surface area contributed by atoms with E-state index in [4.69, 9.17) is 16.3 Å². The maximum Gasteiger partial charge on any atom is 0.149 e. The Hall–Kier alpha value is -0.870. The van der Waals surface area contributed by atoms with Crippen LogP contribution in [0.15, 0.2) is 12.1 Å². The van der Waals surface area contributed by atoms with E-state index in [1.165, 1.54) is 12.1 Å². The molecule has 2 heterocycles. The summed E-state index contributed by atoms with van der Waals surface area (Å²) < 4.78 is 33.6. The van der Waals surface area contributed by atoms with Gasteiger partial charge in [0.25, 0.3) is 0 Å². The lowest BCUT2D eigenvalue weighted by atomic mass is 10.1. The minimum absolute atomic E-state index is 0.0593. The highest BCUT2D eigenvalue weighted by Crippen LogP contribution is 2.33. The molecule has 0 spiro atoms. The van der Waals surface area contributed by atoms with Crippen LogP contribution in [0.1, 0.15) is 18.4 Å². The minimum atomic E-state index is -0.535. The Kier molecular flexibility index (Phi) is 3.16. The van der Waals surface area contributed by atoms with E-state index in [0.29, 0.717) is 18.7 Å². The molecule has 0 N–H and O–H groups in total. The SMILES string of the molecule is Fc1cc(CCl)cc(F)c1N1CC2CCC(C1)O2. The Morgan fingerprint density at radius 3 is 2.22 bits per heavy atom. The monoisotopic (exact) mass is 273 g/mol. The third kappa shape index (κ3) is 2.08. The molecule has 0 radical (unpaired) electrons. The van der Waals surface area contributed by atoms with Crippen LogP contribution < -0.4 is 4.90 Å². The molecule has 18 heavy (non-hydrogen) atoms. The van der Waals surface area contributed by atoms with Crippen LogP contribution in [0.4, 0.5) is 14.5 Å². The van der Waals surface area contributed by atoms with Gasteiger partial charge in [-0.2, -0.15) is 0 Å². The smallest absolute Gasteiger partial charge is 0.149 e. The summed E-state index contributed by atoms with van der Waals surface area (Å²) in [7, 11) is 0. The first-order valence-corrected chi connectivity index (χ1v) is 6.65. The van der Waals surface area contributed by atoms with Gasteiger partial charge >= 0.3 is 0 Å². The van der Waals surface area contributed by atoms with Crippen molar-refractivity contribution in [1.82, 2.24) is 0 Å². The van der Waals surface area contributed by atoms with Crippen molar-refractivity contribution in [2.45, 2.75) is 30.9 Å². The van der Waals surface area contributed by atoms with Crippen molar-refractivity contribution < 1.29 is 13.5 Å². The number of rotatable bonds is 2. The van der Waals surface area contributed by atoms with Gasteiger partial charge in [0, 0.05) is 19.0 Å². The summed E-state index contributed by atoms with van der Waals surface area (Å²) in [5.74, 6) is -0.957. The van der Waals surface area contributed by atoms with Crippen LogP contribution in [0.5, 0.6) is 0 Å². The Labute approximate surface area is 109 Å². The predicted molar refractivity (Wildman–Crippen MR) is 66.0 cm³/mol. The number of morpholine rings is 1. The third-order valence-corrected chi connectivity index (χ3v) is 3.90. The molecule has 2 aliphatic heterocycles. The number of alkyl halides is 1. The maximum absolute atomic E-state index is 14.0. The molecule has 2 fully saturated rings. The highest BCUT2D eigenvalue weighted by molar-refractivity contribution is 6.17. The molecular formula is C13H14ClF2NO. The minimum Gasteiger partial charge on any atom is -0.371 e. The number of hydrogen-bond acceptors (Lipinski definition) is 2.